The number of sulfonamides is 1. The monoisotopic (exact) mass is 478 g/mol. The van der Waals surface area contributed by atoms with Crippen LogP contribution in [0.5, 0.6) is 0 Å². The summed E-state index contributed by atoms with van der Waals surface area (Å²) in [4.78, 5) is 12.5. The Morgan fingerprint density at radius 3 is 2.36 bits per heavy atom. The van der Waals surface area contributed by atoms with Crippen LogP contribution >= 0.6 is 27.5 Å². The van der Waals surface area contributed by atoms with Gasteiger partial charge in [0.05, 0.1) is 15.5 Å². The van der Waals surface area contributed by atoms with E-state index in [1.165, 1.54) is 18.2 Å². The molecule has 144 valence electrons. The van der Waals surface area contributed by atoms with E-state index in [2.05, 4.69) is 26.0 Å². The van der Waals surface area contributed by atoms with Crippen molar-refractivity contribution < 1.29 is 13.2 Å². The number of nitrogens with one attached hydrogen (secondary N) is 2. The predicted molar refractivity (Wildman–Crippen MR) is 116 cm³/mol. The Morgan fingerprint density at radius 1 is 0.964 bits per heavy atom. The molecule has 3 aromatic carbocycles. The molecule has 0 aliphatic carbocycles. The smallest absolute Gasteiger partial charge is 0.261 e. The van der Waals surface area contributed by atoms with Gasteiger partial charge in [-0.1, -0.05) is 39.7 Å². The van der Waals surface area contributed by atoms with E-state index in [0.717, 1.165) is 10.0 Å². The maximum absolute atomic E-state index is 12.7. The first kappa shape index (κ1) is 20.4. The molecule has 0 atom stereocenters. The molecule has 5 nitrogen and oxygen atoms in total. The van der Waals surface area contributed by atoms with E-state index in [1.807, 2.05) is 25.1 Å². The molecular weight excluding hydrogens is 464 g/mol. The molecule has 8 heteroatoms. The zero-order chi connectivity index (χ0) is 20.3. The lowest BCUT2D eigenvalue weighted by molar-refractivity contribution is 0.102. The number of benzene rings is 3. The van der Waals surface area contributed by atoms with Crippen LogP contribution in [-0.2, 0) is 10.0 Å². The minimum absolute atomic E-state index is 0.0609. The van der Waals surface area contributed by atoms with Gasteiger partial charge in [-0.25, -0.2) is 8.42 Å². The molecular formula is C20H16BrClN2O3S. The van der Waals surface area contributed by atoms with E-state index in [4.69, 9.17) is 11.6 Å². The maximum Gasteiger partial charge on any atom is 0.261 e. The van der Waals surface area contributed by atoms with Crippen molar-refractivity contribution in [2.75, 3.05) is 10.0 Å². The molecule has 0 saturated heterocycles. The SMILES string of the molecule is Cc1cccc(NC(=O)c2cc(S(=O)(=O)Nc3ccc(Br)cc3)ccc2Cl)c1. The van der Waals surface area contributed by atoms with Gasteiger partial charge in [0.15, 0.2) is 0 Å². The summed E-state index contributed by atoms with van der Waals surface area (Å²) in [5, 5.41) is 2.89. The summed E-state index contributed by atoms with van der Waals surface area (Å²) in [6.45, 7) is 1.91. The molecule has 28 heavy (non-hydrogen) atoms. The van der Waals surface area contributed by atoms with Gasteiger partial charge in [-0.15, -0.1) is 0 Å². The summed E-state index contributed by atoms with van der Waals surface area (Å²) in [6.07, 6.45) is 0. The van der Waals surface area contributed by atoms with Gasteiger partial charge in [-0.05, 0) is 67.1 Å². The number of carbonyl (C=O) groups is 1. The highest BCUT2D eigenvalue weighted by atomic mass is 79.9. The number of hydrogen-bond donors (Lipinski definition) is 2. The third-order valence-electron chi connectivity index (χ3n) is 3.87. The van der Waals surface area contributed by atoms with Gasteiger partial charge in [0, 0.05) is 15.8 Å². The maximum atomic E-state index is 12.7. The molecule has 0 bridgehead atoms. The topological polar surface area (TPSA) is 75.3 Å². The largest absolute Gasteiger partial charge is 0.322 e. The van der Waals surface area contributed by atoms with Crippen molar-refractivity contribution in [1.82, 2.24) is 0 Å². The van der Waals surface area contributed by atoms with E-state index in [-0.39, 0.29) is 15.5 Å². The van der Waals surface area contributed by atoms with Crippen LogP contribution in [0.25, 0.3) is 0 Å². The second kappa shape index (κ2) is 8.34. The highest BCUT2D eigenvalue weighted by Gasteiger charge is 2.19. The predicted octanol–water partition coefficient (Wildman–Crippen LogP) is 5.46. The fourth-order valence-corrected chi connectivity index (χ4v) is 4.05. The normalized spacial score (nSPS) is 11.1. The fraction of sp³-hybridized carbons (Fsp3) is 0.0500. The van der Waals surface area contributed by atoms with Gasteiger partial charge in [0.1, 0.15) is 0 Å². The van der Waals surface area contributed by atoms with E-state index < -0.39 is 15.9 Å². The van der Waals surface area contributed by atoms with Crippen LogP contribution in [0.15, 0.2) is 76.1 Å². The molecule has 0 fully saturated rings. The summed E-state index contributed by atoms with van der Waals surface area (Å²) < 4.78 is 28.7. The number of carbonyl (C=O) groups excluding carboxylic acids is 1. The quantitative estimate of drug-likeness (QED) is 0.510. The van der Waals surface area contributed by atoms with E-state index >= 15 is 0 Å². The Bertz CT molecular complexity index is 1130. The lowest BCUT2D eigenvalue weighted by Gasteiger charge is -2.11. The third-order valence-corrected chi connectivity index (χ3v) is 6.10. The molecule has 0 aromatic heterocycles. The minimum atomic E-state index is -3.88. The van der Waals surface area contributed by atoms with Crippen LogP contribution in [0, 0.1) is 6.92 Å². The number of rotatable bonds is 5. The highest BCUT2D eigenvalue weighted by Crippen LogP contribution is 2.24. The number of amides is 1. The number of halogens is 2. The molecule has 3 rings (SSSR count). The Balaban J connectivity index is 1.87. The van der Waals surface area contributed by atoms with Crippen molar-refractivity contribution in [3.63, 3.8) is 0 Å². The lowest BCUT2D eigenvalue weighted by atomic mass is 10.2. The van der Waals surface area contributed by atoms with Crippen LogP contribution in [0.1, 0.15) is 15.9 Å². The number of aryl methyl sites for hydroxylation is 1. The van der Waals surface area contributed by atoms with E-state index in [0.29, 0.717) is 11.4 Å². The molecule has 0 radical (unpaired) electrons. The Hall–Kier alpha value is -2.35. The van der Waals surface area contributed by atoms with E-state index in [1.54, 1.807) is 30.3 Å². The Kier molecular flexibility index (Phi) is 6.07. The minimum Gasteiger partial charge on any atom is -0.322 e. The van der Waals surface area contributed by atoms with Gasteiger partial charge in [-0.3, -0.25) is 9.52 Å². The van der Waals surface area contributed by atoms with Crippen LogP contribution in [0.4, 0.5) is 11.4 Å². The van der Waals surface area contributed by atoms with Crippen molar-refractivity contribution in [2.45, 2.75) is 11.8 Å². The summed E-state index contributed by atoms with van der Waals surface area (Å²) >= 11 is 9.43. The van der Waals surface area contributed by atoms with Crippen molar-refractivity contribution in [3.8, 4) is 0 Å². The molecule has 0 heterocycles. The lowest BCUT2D eigenvalue weighted by Crippen LogP contribution is -2.16. The second-order valence-electron chi connectivity index (χ2n) is 6.08. The van der Waals surface area contributed by atoms with Crippen molar-refractivity contribution in [2.24, 2.45) is 0 Å². The summed E-state index contributed by atoms with van der Waals surface area (Å²) in [5.41, 5.74) is 2.06. The molecule has 0 aliphatic rings. The van der Waals surface area contributed by atoms with Crippen LogP contribution in [-0.4, -0.2) is 14.3 Å². The first-order valence-electron chi connectivity index (χ1n) is 8.20. The first-order valence-corrected chi connectivity index (χ1v) is 10.9. The Labute approximate surface area is 176 Å². The Morgan fingerprint density at radius 2 is 1.68 bits per heavy atom. The molecule has 0 saturated carbocycles. The van der Waals surface area contributed by atoms with Crippen LogP contribution < -0.4 is 10.0 Å². The average molecular weight is 480 g/mol. The molecule has 3 aromatic rings. The zero-order valence-electron chi connectivity index (χ0n) is 14.7. The van der Waals surface area contributed by atoms with Gasteiger partial charge < -0.3 is 5.32 Å². The fourth-order valence-electron chi connectivity index (χ4n) is 2.50. The van der Waals surface area contributed by atoms with Crippen molar-refractivity contribution in [3.05, 3.63) is 87.4 Å². The van der Waals surface area contributed by atoms with Gasteiger partial charge in [-0.2, -0.15) is 0 Å². The van der Waals surface area contributed by atoms with Crippen molar-refractivity contribution >= 4 is 54.8 Å². The summed E-state index contributed by atoms with van der Waals surface area (Å²) in [5.74, 6) is -0.490. The average Bonchev–Trinajstić information content (AvgIpc) is 2.63. The molecule has 0 unspecified atom stereocenters. The van der Waals surface area contributed by atoms with Crippen molar-refractivity contribution in [1.29, 1.82) is 0 Å². The van der Waals surface area contributed by atoms with Gasteiger partial charge in [0.2, 0.25) is 0 Å². The molecule has 1 amide bonds. The number of hydrogen-bond acceptors (Lipinski definition) is 3. The van der Waals surface area contributed by atoms with Gasteiger partial charge >= 0.3 is 0 Å². The first-order chi connectivity index (χ1) is 13.2. The summed E-state index contributed by atoms with van der Waals surface area (Å²) in [7, 11) is -3.88. The highest BCUT2D eigenvalue weighted by molar-refractivity contribution is 9.10. The molecule has 0 aliphatic heterocycles. The second-order valence-corrected chi connectivity index (χ2v) is 9.08. The molecule has 2 N–H and O–H groups in total. The number of anilines is 2. The van der Waals surface area contributed by atoms with Gasteiger partial charge in [0.25, 0.3) is 15.9 Å². The van der Waals surface area contributed by atoms with Crippen LogP contribution in [0.3, 0.4) is 0 Å². The summed E-state index contributed by atoms with van der Waals surface area (Å²) in [6, 6.07) is 18.0. The molecule has 0 spiro atoms. The standard InChI is InChI=1S/C20H16BrClN2O3S/c1-13-3-2-4-16(11-13)23-20(25)18-12-17(9-10-19(18)22)28(26,27)24-15-7-5-14(21)6-8-15/h2-12,24H,1H3,(H,23,25). The van der Waals surface area contributed by atoms with Crippen LogP contribution in [0.2, 0.25) is 5.02 Å². The third kappa shape index (κ3) is 4.92. The van der Waals surface area contributed by atoms with E-state index in [9.17, 15) is 13.2 Å². The zero-order valence-corrected chi connectivity index (χ0v) is 17.9.